The van der Waals surface area contributed by atoms with Gasteiger partial charge in [0.05, 0.1) is 23.5 Å². The van der Waals surface area contributed by atoms with Crippen LogP contribution in [0.3, 0.4) is 0 Å². The minimum absolute atomic E-state index is 0.0687. The Labute approximate surface area is 237 Å². The molecule has 1 aromatic carbocycles. The van der Waals surface area contributed by atoms with E-state index in [4.69, 9.17) is 0 Å². The van der Waals surface area contributed by atoms with Crippen molar-refractivity contribution in [2.24, 2.45) is 0 Å². The van der Waals surface area contributed by atoms with E-state index >= 15 is 0 Å². The maximum absolute atomic E-state index is 13.8. The molecule has 1 unspecified atom stereocenters. The van der Waals surface area contributed by atoms with Gasteiger partial charge >= 0.3 is 0 Å². The molecule has 2 N–H and O–H groups in total. The minimum Gasteiger partial charge on any atom is -0.350 e. The van der Waals surface area contributed by atoms with Crippen LogP contribution in [0, 0.1) is 18.8 Å². The van der Waals surface area contributed by atoms with Gasteiger partial charge in [-0.25, -0.2) is 18.4 Å². The van der Waals surface area contributed by atoms with Crippen molar-refractivity contribution in [3.05, 3.63) is 89.4 Å². The van der Waals surface area contributed by atoms with Gasteiger partial charge in [-0.05, 0) is 62.7 Å². The average Bonchev–Trinajstić information content (AvgIpc) is 3.56. The number of alkyl halides is 2. The summed E-state index contributed by atoms with van der Waals surface area (Å²) in [5.41, 5.74) is 2.05. The Balaban J connectivity index is 1.79. The Bertz CT molecular complexity index is 1680. The molecule has 0 aliphatic carbocycles. The van der Waals surface area contributed by atoms with Crippen molar-refractivity contribution in [2.45, 2.75) is 39.8 Å². The fourth-order valence-electron chi connectivity index (χ4n) is 4.00. The number of carbonyl (C=O) groups is 2. The van der Waals surface area contributed by atoms with Crippen LogP contribution in [0.15, 0.2) is 55.5 Å². The highest BCUT2D eigenvalue weighted by Gasteiger charge is 2.24. The summed E-state index contributed by atoms with van der Waals surface area (Å²) in [4.78, 5) is 31.3. The number of aromatic nitrogens is 6. The smallest absolute Gasteiger partial charge is 0.297 e. The van der Waals surface area contributed by atoms with Gasteiger partial charge in [0.2, 0.25) is 0 Å². The predicted molar refractivity (Wildman–Crippen MR) is 154 cm³/mol. The van der Waals surface area contributed by atoms with Gasteiger partial charge in [0, 0.05) is 23.1 Å². The molecule has 3 heterocycles. The molecule has 1 atom stereocenters. The molecule has 4 rings (SSSR count). The molecule has 0 aliphatic rings. The van der Waals surface area contributed by atoms with E-state index in [0.717, 1.165) is 4.57 Å². The molecule has 41 heavy (non-hydrogen) atoms. The summed E-state index contributed by atoms with van der Waals surface area (Å²) in [7, 11) is 2.53. The molecule has 10 nitrogen and oxygen atoms in total. The first-order valence-corrected chi connectivity index (χ1v) is 13.0. The van der Waals surface area contributed by atoms with Gasteiger partial charge in [-0.3, -0.25) is 9.59 Å². The zero-order valence-electron chi connectivity index (χ0n) is 22.5. The van der Waals surface area contributed by atoms with Crippen LogP contribution in [0.4, 0.5) is 14.5 Å². The summed E-state index contributed by atoms with van der Waals surface area (Å²) < 4.78 is 29.2. The third-order valence-corrected chi connectivity index (χ3v) is 6.19. The van der Waals surface area contributed by atoms with Crippen molar-refractivity contribution >= 4 is 32.0 Å². The number of allylic oxidation sites excluding steroid dienone is 1. The SMILES string of the molecule is C=CC#Cc1cc(C)c(NC(=O)c2cc(Cn3cnnc3C(F)F)nn2-c2ncccc2P)c(C(=O)NC(C)C)c1. The number of nitrogens with one attached hydrogen (secondary N) is 2. The van der Waals surface area contributed by atoms with Crippen LogP contribution in [-0.4, -0.2) is 47.4 Å². The first-order chi connectivity index (χ1) is 19.6. The molecule has 0 saturated carbocycles. The monoisotopic (exact) mass is 576 g/mol. The van der Waals surface area contributed by atoms with Gasteiger partial charge in [0.15, 0.2) is 11.6 Å². The summed E-state index contributed by atoms with van der Waals surface area (Å²) in [5, 5.41) is 17.9. The molecule has 3 aromatic heterocycles. The molecule has 0 spiro atoms. The molecule has 0 radical (unpaired) electrons. The summed E-state index contributed by atoms with van der Waals surface area (Å²) >= 11 is 0. The lowest BCUT2D eigenvalue weighted by Crippen LogP contribution is -2.31. The number of halogens is 2. The van der Waals surface area contributed by atoms with E-state index in [1.54, 1.807) is 37.4 Å². The highest BCUT2D eigenvalue weighted by molar-refractivity contribution is 7.27. The van der Waals surface area contributed by atoms with E-state index < -0.39 is 18.2 Å². The molecule has 13 heteroatoms. The normalized spacial score (nSPS) is 10.8. The van der Waals surface area contributed by atoms with Crippen molar-refractivity contribution in [3.63, 3.8) is 0 Å². The average molecular weight is 577 g/mol. The van der Waals surface area contributed by atoms with Crippen molar-refractivity contribution in [1.29, 1.82) is 0 Å². The molecule has 0 fully saturated rings. The number of rotatable bonds is 8. The number of amides is 2. The largest absolute Gasteiger partial charge is 0.350 e. The molecule has 0 bridgehead atoms. The molecule has 0 saturated heterocycles. The second-order valence-corrected chi connectivity index (χ2v) is 9.86. The third-order valence-electron chi connectivity index (χ3n) is 5.74. The van der Waals surface area contributed by atoms with Crippen LogP contribution in [-0.2, 0) is 6.54 Å². The standard InChI is InChI=1S/C28H27F2N8O2P/c1-5-6-8-18-11-17(4)23(20(12-18)27(39)33-16(2)3)34-28(40)21-13-19(14-37-15-32-35-26(37)24(29)30)36-38(21)25-22(41)9-7-10-31-25/h5,7,9-13,15-16,24H,1,14,41H2,2-4H3,(H,33,39)(H,34,40). The van der Waals surface area contributed by atoms with E-state index in [-0.39, 0.29) is 41.1 Å². The molecule has 2 amide bonds. The second kappa shape index (κ2) is 12.6. The third kappa shape index (κ3) is 6.70. The van der Waals surface area contributed by atoms with E-state index in [0.29, 0.717) is 22.2 Å². The number of anilines is 1. The van der Waals surface area contributed by atoms with E-state index in [9.17, 15) is 18.4 Å². The Morgan fingerprint density at radius 3 is 2.68 bits per heavy atom. The molecule has 0 aliphatic heterocycles. The van der Waals surface area contributed by atoms with Gasteiger partial charge in [-0.15, -0.1) is 19.4 Å². The number of aryl methyl sites for hydroxylation is 1. The van der Waals surface area contributed by atoms with Crippen LogP contribution < -0.4 is 15.9 Å². The van der Waals surface area contributed by atoms with Crippen LogP contribution in [0.5, 0.6) is 0 Å². The van der Waals surface area contributed by atoms with Crippen molar-refractivity contribution in [1.82, 2.24) is 34.8 Å². The number of hydrogen-bond acceptors (Lipinski definition) is 6. The molecular weight excluding hydrogens is 549 g/mol. The maximum Gasteiger partial charge on any atom is 0.297 e. The fraction of sp³-hybridized carbons (Fsp3) is 0.214. The lowest BCUT2D eigenvalue weighted by atomic mass is 10.0. The highest BCUT2D eigenvalue weighted by Crippen LogP contribution is 2.25. The van der Waals surface area contributed by atoms with Crippen LogP contribution >= 0.6 is 9.24 Å². The molecule has 210 valence electrons. The van der Waals surface area contributed by atoms with Crippen LogP contribution in [0.2, 0.25) is 0 Å². The minimum atomic E-state index is -2.84. The summed E-state index contributed by atoms with van der Waals surface area (Å²) in [6, 6.07) is 8.15. The number of benzene rings is 1. The molecular formula is C28H27F2N8O2P. The van der Waals surface area contributed by atoms with E-state index in [1.165, 1.54) is 23.2 Å². The fourth-order valence-corrected chi connectivity index (χ4v) is 4.31. The van der Waals surface area contributed by atoms with Gasteiger partial charge in [0.25, 0.3) is 18.2 Å². The van der Waals surface area contributed by atoms with Crippen LogP contribution in [0.25, 0.3) is 5.82 Å². The van der Waals surface area contributed by atoms with Crippen LogP contribution in [0.1, 0.15) is 63.8 Å². The second-order valence-electron chi connectivity index (χ2n) is 9.24. The maximum atomic E-state index is 13.8. The van der Waals surface area contributed by atoms with Crippen molar-refractivity contribution < 1.29 is 18.4 Å². The van der Waals surface area contributed by atoms with Gasteiger partial charge in [0.1, 0.15) is 12.0 Å². The number of nitrogens with zero attached hydrogens (tertiary/aromatic N) is 6. The Kier molecular flexibility index (Phi) is 9.00. The Morgan fingerprint density at radius 1 is 1.22 bits per heavy atom. The van der Waals surface area contributed by atoms with Gasteiger partial charge < -0.3 is 15.2 Å². The zero-order chi connectivity index (χ0) is 29.7. The quantitative estimate of drug-likeness (QED) is 0.245. The lowest BCUT2D eigenvalue weighted by Gasteiger charge is -2.16. The van der Waals surface area contributed by atoms with Crippen molar-refractivity contribution in [2.75, 3.05) is 5.32 Å². The summed E-state index contributed by atoms with van der Waals surface area (Å²) in [6.07, 6.45) is 1.32. The number of hydrogen-bond donors (Lipinski definition) is 2. The predicted octanol–water partition coefficient (Wildman–Crippen LogP) is 3.58. The van der Waals surface area contributed by atoms with Gasteiger partial charge in [-0.1, -0.05) is 18.4 Å². The van der Waals surface area contributed by atoms with Crippen molar-refractivity contribution in [3.8, 4) is 17.7 Å². The number of carbonyl (C=O) groups excluding carboxylic acids is 2. The van der Waals surface area contributed by atoms with E-state index in [2.05, 4.69) is 58.6 Å². The zero-order valence-corrected chi connectivity index (χ0v) is 23.7. The van der Waals surface area contributed by atoms with E-state index in [1.807, 2.05) is 13.8 Å². The topological polar surface area (TPSA) is 120 Å². The lowest BCUT2D eigenvalue weighted by molar-refractivity contribution is 0.0944. The summed E-state index contributed by atoms with van der Waals surface area (Å²) in [5.74, 6) is 4.52. The van der Waals surface area contributed by atoms with Gasteiger partial charge in [-0.2, -0.15) is 5.10 Å². The summed E-state index contributed by atoms with van der Waals surface area (Å²) in [6.45, 7) is 8.88. The number of pyridine rings is 1. The Hall–Kier alpha value is -4.75. The highest BCUT2D eigenvalue weighted by atomic mass is 31.0. The first kappa shape index (κ1) is 29.2. The molecule has 4 aromatic rings. The Morgan fingerprint density at radius 2 is 2.00 bits per heavy atom. The first-order valence-electron chi connectivity index (χ1n) is 12.4.